The first-order valence-electron chi connectivity index (χ1n) is 16.7. The molecule has 3 amide bonds. The number of benzene rings is 1. The van der Waals surface area contributed by atoms with Crippen molar-refractivity contribution in [1.29, 1.82) is 0 Å². The summed E-state index contributed by atoms with van der Waals surface area (Å²) in [4.78, 5) is 50.5. The van der Waals surface area contributed by atoms with Gasteiger partial charge in [0.25, 0.3) is 5.91 Å². The van der Waals surface area contributed by atoms with Gasteiger partial charge in [-0.2, -0.15) is 13.2 Å². The molecule has 1 aromatic carbocycles. The van der Waals surface area contributed by atoms with Crippen LogP contribution in [0, 0.1) is 11.3 Å². The highest BCUT2D eigenvalue weighted by Crippen LogP contribution is 2.31. The number of carbonyl (C=O) groups excluding carboxylic acids is 3. The molecule has 6 rings (SSSR count). The lowest BCUT2D eigenvalue weighted by atomic mass is 9.90. The third-order valence-electron chi connectivity index (χ3n) is 9.04. The van der Waals surface area contributed by atoms with Crippen LogP contribution < -0.4 is 10.1 Å². The van der Waals surface area contributed by atoms with Crippen LogP contribution in [0.25, 0.3) is 0 Å². The molecule has 6 bridgehead atoms. The predicted octanol–water partition coefficient (Wildman–Crippen LogP) is 4.39. The fraction of sp³-hybridized carbons (Fsp3) is 0.600. The Balaban J connectivity index is 1.37. The van der Waals surface area contributed by atoms with E-state index in [0.29, 0.717) is 51.2 Å². The van der Waals surface area contributed by atoms with Crippen LogP contribution in [0.2, 0.25) is 0 Å². The number of nitrogens with zero attached hydrogens (tertiary/aromatic N) is 4. The third kappa shape index (κ3) is 9.68. The van der Waals surface area contributed by atoms with Gasteiger partial charge in [-0.3, -0.25) is 19.3 Å². The quantitative estimate of drug-likeness (QED) is 0.483. The molecular weight excluding hydrogens is 627 g/mol. The number of carbonyl (C=O) groups is 3. The number of rotatable bonds is 3. The van der Waals surface area contributed by atoms with Crippen molar-refractivity contribution >= 4 is 17.7 Å². The molecule has 10 nitrogen and oxygen atoms in total. The van der Waals surface area contributed by atoms with Crippen molar-refractivity contribution in [2.75, 3.05) is 52.5 Å². The molecule has 1 aromatic heterocycles. The number of hydrogen-bond acceptors (Lipinski definition) is 7. The zero-order valence-electron chi connectivity index (χ0n) is 27.9. The average molecular weight is 674 g/mol. The normalized spacial score (nSPS) is 23.8. The summed E-state index contributed by atoms with van der Waals surface area (Å²) in [5.74, 6) is 0.00427. The summed E-state index contributed by atoms with van der Waals surface area (Å²) in [6.07, 6.45) is -2.32. The molecule has 5 heterocycles. The summed E-state index contributed by atoms with van der Waals surface area (Å²) in [7, 11) is 0. The second-order valence-corrected chi connectivity index (χ2v) is 14.2. The number of amides is 3. The second-order valence-electron chi connectivity index (χ2n) is 14.2. The number of fused-ring (bicyclic) bond motifs is 10. The molecule has 0 unspecified atom stereocenters. The van der Waals surface area contributed by atoms with Crippen LogP contribution in [0.3, 0.4) is 0 Å². The number of hydrogen-bond donors (Lipinski definition) is 1. The van der Waals surface area contributed by atoms with Gasteiger partial charge < -0.3 is 24.6 Å². The summed E-state index contributed by atoms with van der Waals surface area (Å²) in [5.41, 5.74) is -0.331. The third-order valence-corrected chi connectivity index (χ3v) is 9.04. The molecule has 0 saturated carbocycles. The number of pyridine rings is 1. The van der Waals surface area contributed by atoms with Gasteiger partial charge in [-0.1, -0.05) is 45.0 Å². The molecule has 0 aliphatic carbocycles. The Bertz CT molecular complexity index is 1440. The molecule has 2 saturated heterocycles. The van der Waals surface area contributed by atoms with Gasteiger partial charge in [0.05, 0.1) is 24.8 Å². The van der Waals surface area contributed by atoms with E-state index in [1.807, 2.05) is 35.5 Å². The Kier molecular flexibility index (Phi) is 11.3. The highest BCUT2D eigenvalue weighted by molar-refractivity contribution is 5.92. The highest BCUT2D eigenvalue weighted by atomic mass is 19.4. The second kappa shape index (κ2) is 15.2. The van der Waals surface area contributed by atoms with Crippen molar-refractivity contribution in [3.8, 4) is 5.88 Å². The molecule has 1 N–H and O–H groups in total. The number of halogens is 3. The number of alkyl halides is 3. The van der Waals surface area contributed by atoms with Crippen LogP contribution in [-0.4, -0.2) is 102 Å². The zero-order valence-corrected chi connectivity index (χ0v) is 27.9. The summed E-state index contributed by atoms with van der Waals surface area (Å²) < 4.78 is 52.0. The average Bonchev–Trinajstić information content (AvgIpc) is 3.42. The Morgan fingerprint density at radius 3 is 2.46 bits per heavy atom. The van der Waals surface area contributed by atoms with Crippen LogP contribution >= 0.6 is 0 Å². The lowest BCUT2D eigenvalue weighted by molar-refractivity contribution is -0.139. The van der Waals surface area contributed by atoms with Gasteiger partial charge in [-0.25, -0.2) is 4.98 Å². The van der Waals surface area contributed by atoms with Crippen molar-refractivity contribution in [1.82, 2.24) is 25.0 Å². The summed E-state index contributed by atoms with van der Waals surface area (Å²) >= 11 is 0. The van der Waals surface area contributed by atoms with Crippen molar-refractivity contribution in [3.63, 3.8) is 0 Å². The Morgan fingerprint density at radius 2 is 1.73 bits per heavy atom. The zero-order chi connectivity index (χ0) is 34.5. The molecule has 2 fully saturated rings. The molecule has 0 radical (unpaired) electrons. The Labute approximate surface area is 279 Å². The maximum absolute atomic E-state index is 14.0. The van der Waals surface area contributed by atoms with Gasteiger partial charge in [0.2, 0.25) is 17.7 Å². The molecular formula is C35H46F3N5O5. The van der Waals surface area contributed by atoms with E-state index in [9.17, 15) is 27.6 Å². The van der Waals surface area contributed by atoms with E-state index in [-0.39, 0.29) is 61.0 Å². The fourth-order valence-corrected chi connectivity index (χ4v) is 6.62. The molecule has 0 spiro atoms. The summed E-state index contributed by atoms with van der Waals surface area (Å²) in [6, 6.07) is 8.96. The number of ether oxygens (including phenoxy) is 2. The van der Waals surface area contributed by atoms with E-state index in [1.165, 1.54) is 6.07 Å². The van der Waals surface area contributed by atoms with Gasteiger partial charge in [-0.05, 0) is 48.3 Å². The summed E-state index contributed by atoms with van der Waals surface area (Å²) in [5, 5.41) is 2.98. The first-order chi connectivity index (χ1) is 22.7. The van der Waals surface area contributed by atoms with Gasteiger partial charge in [0.15, 0.2) is 0 Å². The molecule has 262 valence electrons. The number of nitrogens with one attached hydrogen (secondary N) is 1. The van der Waals surface area contributed by atoms with Crippen molar-refractivity contribution in [2.24, 2.45) is 11.3 Å². The van der Waals surface area contributed by atoms with Gasteiger partial charge in [0.1, 0.15) is 12.3 Å². The highest BCUT2D eigenvalue weighted by Gasteiger charge is 2.41. The van der Waals surface area contributed by atoms with E-state index < -0.39 is 29.7 Å². The first-order valence-corrected chi connectivity index (χ1v) is 16.7. The predicted molar refractivity (Wildman–Crippen MR) is 172 cm³/mol. The van der Waals surface area contributed by atoms with Crippen molar-refractivity contribution in [3.05, 3.63) is 59.3 Å². The number of piperidine rings is 1. The molecule has 2 aromatic rings. The maximum Gasteiger partial charge on any atom is 0.416 e. The topological polar surface area (TPSA) is 104 Å². The minimum atomic E-state index is -4.49. The van der Waals surface area contributed by atoms with E-state index in [4.69, 9.17) is 9.47 Å². The molecule has 2 atom stereocenters. The summed E-state index contributed by atoms with van der Waals surface area (Å²) in [6.45, 7) is 9.40. The number of aromatic nitrogens is 1. The van der Waals surface area contributed by atoms with Crippen molar-refractivity contribution in [2.45, 2.75) is 71.3 Å². The minimum absolute atomic E-state index is 0.0691. The van der Waals surface area contributed by atoms with Crippen molar-refractivity contribution < 1.29 is 37.0 Å². The smallest absolute Gasteiger partial charge is 0.416 e. The van der Waals surface area contributed by atoms with Gasteiger partial charge in [0, 0.05) is 57.8 Å². The van der Waals surface area contributed by atoms with Crippen LogP contribution in [0.5, 0.6) is 5.88 Å². The number of likely N-dealkylation sites (tertiary alicyclic amines) is 1. The Hall–Kier alpha value is -3.71. The monoisotopic (exact) mass is 673 g/mol. The Morgan fingerprint density at radius 1 is 0.979 bits per heavy atom. The SMILES string of the molecule is CC(C)(C)CC(=O)N1CCOCCOc2cccc(n2)C(=O)N[C@H]2C[C@@H](C(=O)N3CCC(CC3)C1)N(Cc1cccc(C(F)(F)F)c1)C2. The van der Waals surface area contributed by atoms with Gasteiger partial charge >= 0.3 is 6.18 Å². The largest absolute Gasteiger partial charge is 0.475 e. The van der Waals surface area contributed by atoms with Gasteiger partial charge in [-0.15, -0.1) is 0 Å². The molecule has 48 heavy (non-hydrogen) atoms. The first kappa shape index (κ1) is 35.6. The van der Waals surface area contributed by atoms with E-state index >= 15 is 0 Å². The molecule has 13 heteroatoms. The molecule has 4 aliphatic heterocycles. The lowest BCUT2D eigenvalue weighted by Crippen LogP contribution is -2.49. The molecule has 4 aliphatic rings. The fourth-order valence-electron chi connectivity index (χ4n) is 6.62. The van der Waals surface area contributed by atoms with Crippen LogP contribution in [0.4, 0.5) is 13.2 Å². The van der Waals surface area contributed by atoms with Crippen LogP contribution in [-0.2, 0) is 27.0 Å². The standard InChI is InChI=1S/C35H46F3N5O5/c1-34(2,3)20-31(44)42-14-15-47-16-17-48-30-9-5-8-28(40-30)32(45)39-27-19-29(33(46)41-12-10-24(21-42)11-13-41)43(23-27)22-25-6-4-7-26(18-25)35(36,37)38/h4-9,18,24,27,29H,10-17,19-23H2,1-3H3,(H,39,45)/t27-,29-/m0/s1. The van der Waals surface area contributed by atoms with Crippen LogP contribution in [0.15, 0.2) is 42.5 Å². The van der Waals surface area contributed by atoms with E-state index in [1.54, 1.807) is 24.3 Å². The van der Waals surface area contributed by atoms with E-state index in [0.717, 1.165) is 25.0 Å². The maximum atomic E-state index is 14.0. The van der Waals surface area contributed by atoms with Crippen LogP contribution in [0.1, 0.15) is 68.1 Å². The van der Waals surface area contributed by atoms with E-state index in [2.05, 4.69) is 10.3 Å². The lowest BCUT2D eigenvalue weighted by Gasteiger charge is -2.37. The minimum Gasteiger partial charge on any atom is -0.475 e.